The van der Waals surface area contributed by atoms with Gasteiger partial charge in [0, 0.05) is 11.8 Å². The summed E-state index contributed by atoms with van der Waals surface area (Å²) in [4.78, 5) is 22.6. The topological polar surface area (TPSA) is 98.8 Å². The van der Waals surface area contributed by atoms with Crippen molar-refractivity contribution in [3.8, 4) is 0 Å². The van der Waals surface area contributed by atoms with Crippen molar-refractivity contribution in [2.75, 3.05) is 13.2 Å². The van der Waals surface area contributed by atoms with E-state index in [2.05, 4.69) is 9.46 Å². The van der Waals surface area contributed by atoms with Gasteiger partial charge in [0.15, 0.2) is 0 Å². The largest absolute Gasteiger partial charge is 0.463 e. The SMILES string of the molecule is O=C(CNS(=O)(=O)/C=C/c1ccccc1)O[C@@H]1CCOC1=O. The number of hydrogen-bond acceptors (Lipinski definition) is 6. The summed E-state index contributed by atoms with van der Waals surface area (Å²) in [5.74, 6) is -1.44. The average Bonchev–Trinajstić information content (AvgIpc) is 2.90. The van der Waals surface area contributed by atoms with Crippen molar-refractivity contribution in [1.82, 2.24) is 4.72 Å². The number of esters is 2. The third-order valence-electron chi connectivity index (χ3n) is 2.82. The van der Waals surface area contributed by atoms with Crippen LogP contribution >= 0.6 is 0 Å². The highest BCUT2D eigenvalue weighted by Gasteiger charge is 2.30. The first-order chi connectivity index (χ1) is 10.5. The van der Waals surface area contributed by atoms with Crippen molar-refractivity contribution < 1.29 is 27.5 Å². The van der Waals surface area contributed by atoms with Gasteiger partial charge in [0.1, 0.15) is 6.54 Å². The third kappa shape index (κ3) is 4.97. The number of sulfonamides is 1. The lowest BCUT2D eigenvalue weighted by Gasteiger charge is -2.08. The maximum Gasteiger partial charge on any atom is 0.347 e. The van der Waals surface area contributed by atoms with E-state index in [1.54, 1.807) is 24.3 Å². The molecule has 1 heterocycles. The summed E-state index contributed by atoms with van der Waals surface area (Å²) in [6.07, 6.45) is 0.740. The summed E-state index contributed by atoms with van der Waals surface area (Å²) < 4.78 is 35.0. The first-order valence-electron chi connectivity index (χ1n) is 6.55. The second-order valence-electron chi connectivity index (χ2n) is 4.51. The number of cyclic esters (lactones) is 1. The van der Waals surface area contributed by atoms with Gasteiger partial charge in [0.2, 0.25) is 16.1 Å². The molecular weight excluding hydrogens is 310 g/mol. The molecule has 0 amide bonds. The van der Waals surface area contributed by atoms with E-state index in [-0.39, 0.29) is 13.0 Å². The number of carbonyl (C=O) groups excluding carboxylic acids is 2. The second kappa shape index (κ2) is 7.19. The molecule has 7 nitrogen and oxygen atoms in total. The molecule has 0 saturated carbocycles. The van der Waals surface area contributed by atoms with Gasteiger partial charge in [0.05, 0.1) is 6.61 Å². The normalized spacial score (nSPS) is 18.4. The summed E-state index contributed by atoms with van der Waals surface area (Å²) in [7, 11) is -3.77. The molecule has 0 radical (unpaired) electrons. The highest BCUT2D eigenvalue weighted by Crippen LogP contribution is 2.10. The van der Waals surface area contributed by atoms with E-state index in [0.717, 1.165) is 5.41 Å². The maximum atomic E-state index is 11.7. The molecule has 0 bridgehead atoms. The van der Waals surface area contributed by atoms with Gasteiger partial charge in [-0.25, -0.2) is 17.9 Å². The van der Waals surface area contributed by atoms with Crippen molar-refractivity contribution in [2.45, 2.75) is 12.5 Å². The molecule has 1 aromatic carbocycles. The molecule has 1 fully saturated rings. The molecule has 118 valence electrons. The fourth-order valence-corrected chi connectivity index (χ4v) is 2.48. The van der Waals surface area contributed by atoms with E-state index >= 15 is 0 Å². The summed E-state index contributed by atoms with van der Waals surface area (Å²) in [6, 6.07) is 8.85. The fourth-order valence-electron chi connectivity index (χ4n) is 1.72. The Hall–Kier alpha value is -2.19. The standard InChI is InChI=1S/C14H15NO6S/c16-13(21-12-6-8-20-14(12)17)10-15-22(18,19)9-7-11-4-2-1-3-5-11/h1-5,7,9,12,15H,6,8,10H2/b9-7+/t12-/m1/s1. The van der Waals surface area contributed by atoms with Crippen LogP contribution in [0.15, 0.2) is 35.7 Å². The zero-order valence-corrected chi connectivity index (χ0v) is 12.4. The Morgan fingerprint density at radius 1 is 1.36 bits per heavy atom. The highest BCUT2D eigenvalue weighted by molar-refractivity contribution is 7.92. The van der Waals surface area contributed by atoms with E-state index in [1.807, 2.05) is 6.07 Å². The summed E-state index contributed by atoms with van der Waals surface area (Å²) in [5, 5.41) is 0.958. The molecule has 0 spiro atoms. The van der Waals surface area contributed by atoms with Crippen molar-refractivity contribution in [2.24, 2.45) is 0 Å². The minimum atomic E-state index is -3.77. The molecule has 1 saturated heterocycles. The van der Waals surface area contributed by atoms with Crippen molar-refractivity contribution >= 4 is 28.0 Å². The van der Waals surface area contributed by atoms with Gasteiger partial charge < -0.3 is 9.47 Å². The first kappa shape index (κ1) is 16.2. The smallest absolute Gasteiger partial charge is 0.347 e. The van der Waals surface area contributed by atoms with Crippen LogP contribution in [0.5, 0.6) is 0 Å². The van der Waals surface area contributed by atoms with Gasteiger partial charge in [-0.2, -0.15) is 0 Å². The van der Waals surface area contributed by atoms with Crippen LogP contribution < -0.4 is 4.72 Å². The highest BCUT2D eigenvalue weighted by atomic mass is 32.2. The Labute approximate surface area is 128 Å². The molecule has 1 aliphatic heterocycles. The molecule has 0 unspecified atom stereocenters. The predicted molar refractivity (Wildman–Crippen MR) is 77.9 cm³/mol. The van der Waals surface area contributed by atoms with Gasteiger partial charge >= 0.3 is 11.9 Å². The molecule has 1 N–H and O–H groups in total. The van der Waals surface area contributed by atoms with E-state index < -0.39 is 34.6 Å². The minimum absolute atomic E-state index is 0.197. The molecule has 1 atom stereocenters. The number of carbonyl (C=O) groups is 2. The molecule has 2 rings (SSSR count). The Balaban J connectivity index is 1.83. The number of nitrogens with one attached hydrogen (secondary N) is 1. The fraction of sp³-hybridized carbons (Fsp3) is 0.286. The zero-order chi connectivity index (χ0) is 16.0. The number of benzene rings is 1. The lowest BCUT2D eigenvalue weighted by molar-refractivity contribution is -0.159. The zero-order valence-electron chi connectivity index (χ0n) is 11.6. The van der Waals surface area contributed by atoms with Crippen molar-refractivity contribution in [1.29, 1.82) is 0 Å². The molecule has 0 aromatic heterocycles. The second-order valence-corrected chi connectivity index (χ2v) is 6.17. The maximum absolute atomic E-state index is 11.7. The summed E-state index contributed by atoms with van der Waals surface area (Å²) in [6.45, 7) is -0.354. The van der Waals surface area contributed by atoms with Crippen LogP contribution in [-0.2, 0) is 29.1 Å². The lowest BCUT2D eigenvalue weighted by atomic mass is 10.2. The Morgan fingerprint density at radius 3 is 2.73 bits per heavy atom. The van der Waals surface area contributed by atoms with Crippen LogP contribution in [0.3, 0.4) is 0 Å². The third-order valence-corrected chi connectivity index (χ3v) is 3.86. The minimum Gasteiger partial charge on any atom is -0.463 e. The van der Waals surface area contributed by atoms with Crippen LogP contribution in [0.2, 0.25) is 0 Å². The summed E-state index contributed by atoms with van der Waals surface area (Å²) >= 11 is 0. The molecule has 1 aliphatic rings. The summed E-state index contributed by atoms with van der Waals surface area (Å²) in [5.41, 5.74) is 0.712. The molecule has 8 heteroatoms. The van der Waals surface area contributed by atoms with Gasteiger partial charge in [-0.3, -0.25) is 4.79 Å². The molecule has 22 heavy (non-hydrogen) atoms. The quantitative estimate of drug-likeness (QED) is 0.762. The number of hydrogen-bond donors (Lipinski definition) is 1. The molecular formula is C14H15NO6S. The Bertz CT molecular complexity index is 668. The van der Waals surface area contributed by atoms with E-state index in [4.69, 9.17) is 4.74 Å². The van der Waals surface area contributed by atoms with Crippen LogP contribution in [0, 0.1) is 0 Å². The average molecular weight is 325 g/mol. The van der Waals surface area contributed by atoms with Crippen LogP contribution in [0.1, 0.15) is 12.0 Å². The lowest BCUT2D eigenvalue weighted by Crippen LogP contribution is -2.32. The van der Waals surface area contributed by atoms with E-state index in [9.17, 15) is 18.0 Å². The van der Waals surface area contributed by atoms with E-state index in [0.29, 0.717) is 5.56 Å². The van der Waals surface area contributed by atoms with Gasteiger partial charge in [-0.1, -0.05) is 30.3 Å². The van der Waals surface area contributed by atoms with Crippen molar-refractivity contribution in [3.05, 3.63) is 41.3 Å². The van der Waals surface area contributed by atoms with Gasteiger partial charge in [-0.05, 0) is 11.6 Å². The van der Waals surface area contributed by atoms with E-state index in [1.165, 1.54) is 6.08 Å². The molecule has 0 aliphatic carbocycles. The predicted octanol–water partition coefficient (Wildman–Crippen LogP) is 0.435. The Morgan fingerprint density at radius 2 is 2.09 bits per heavy atom. The number of ether oxygens (including phenoxy) is 2. The molecule has 1 aromatic rings. The first-order valence-corrected chi connectivity index (χ1v) is 8.10. The monoisotopic (exact) mass is 325 g/mol. The number of rotatable bonds is 6. The van der Waals surface area contributed by atoms with Crippen LogP contribution in [0.4, 0.5) is 0 Å². The Kier molecular flexibility index (Phi) is 5.29. The van der Waals surface area contributed by atoms with Gasteiger partial charge in [0.25, 0.3) is 0 Å². The van der Waals surface area contributed by atoms with Crippen LogP contribution in [-0.4, -0.2) is 39.6 Å². The van der Waals surface area contributed by atoms with Crippen LogP contribution in [0.25, 0.3) is 6.08 Å². The van der Waals surface area contributed by atoms with Gasteiger partial charge in [-0.15, -0.1) is 0 Å². The van der Waals surface area contributed by atoms with Crippen molar-refractivity contribution in [3.63, 3.8) is 0 Å².